The van der Waals surface area contributed by atoms with Crippen LogP contribution in [0.5, 0.6) is 0 Å². The van der Waals surface area contributed by atoms with Crippen LogP contribution in [0.15, 0.2) is 36.5 Å². The van der Waals surface area contributed by atoms with Crippen LogP contribution in [0.2, 0.25) is 5.02 Å². The van der Waals surface area contributed by atoms with Gasteiger partial charge in [-0.2, -0.15) is 0 Å². The first kappa shape index (κ1) is 9.93. The number of aldehydes is 1. The number of carbonyl (C=O) groups excluding carboxylic acids is 1. The summed E-state index contributed by atoms with van der Waals surface area (Å²) in [7, 11) is 0. The maximum atomic E-state index is 12.9. The lowest BCUT2D eigenvalue weighted by Crippen LogP contribution is -1.97. The predicted molar refractivity (Wildman–Crippen MR) is 56.1 cm³/mol. The number of aromatic nitrogens is 1. The summed E-state index contributed by atoms with van der Waals surface area (Å²) in [6.07, 6.45) is 2.45. The van der Waals surface area contributed by atoms with E-state index in [4.69, 9.17) is 11.6 Å². The van der Waals surface area contributed by atoms with Crippen molar-refractivity contribution < 1.29 is 9.18 Å². The van der Waals surface area contributed by atoms with E-state index in [2.05, 4.69) is 0 Å². The van der Waals surface area contributed by atoms with E-state index in [0.29, 0.717) is 11.4 Å². The number of nitrogens with zero attached hydrogens (tertiary/aromatic N) is 1. The highest BCUT2D eigenvalue weighted by atomic mass is 35.5. The highest BCUT2D eigenvalue weighted by molar-refractivity contribution is 6.30. The summed E-state index contributed by atoms with van der Waals surface area (Å²) < 4.78 is 14.5. The maximum absolute atomic E-state index is 12.9. The van der Waals surface area contributed by atoms with Crippen molar-refractivity contribution in [3.8, 4) is 5.69 Å². The minimum atomic E-state index is -0.472. The van der Waals surface area contributed by atoms with Crippen molar-refractivity contribution in [2.45, 2.75) is 0 Å². The molecule has 2 rings (SSSR count). The molecule has 76 valence electrons. The molecule has 0 N–H and O–H groups in total. The van der Waals surface area contributed by atoms with Crippen molar-refractivity contribution in [1.29, 1.82) is 0 Å². The number of halogens is 2. The molecule has 0 amide bonds. The van der Waals surface area contributed by atoms with E-state index >= 15 is 0 Å². The molecule has 15 heavy (non-hydrogen) atoms. The van der Waals surface area contributed by atoms with Gasteiger partial charge in [0.1, 0.15) is 5.82 Å². The number of hydrogen-bond donors (Lipinski definition) is 0. The van der Waals surface area contributed by atoms with Gasteiger partial charge in [-0.1, -0.05) is 11.6 Å². The highest BCUT2D eigenvalue weighted by Crippen LogP contribution is 2.19. The third-order valence-electron chi connectivity index (χ3n) is 2.08. The summed E-state index contributed by atoms with van der Waals surface area (Å²) in [6.45, 7) is 0. The molecule has 4 heteroatoms. The van der Waals surface area contributed by atoms with Crippen LogP contribution in [-0.4, -0.2) is 10.9 Å². The van der Waals surface area contributed by atoms with E-state index in [9.17, 15) is 9.18 Å². The Morgan fingerprint density at radius 1 is 1.33 bits per heavy atom. The Hall–Kier alpha value is -1.61. The van der Waals surface area contributed by atoms with Crippen LogP contribution in [0.3, 0.4) is 0 Å². The van der Waals surface area contributed by atoms with E-state index in [1.165, 1.54) is 12.1 Å². The average molecular weight is 224 g/mol. The number of carbonyl (C=O) groups is 1. The second-order valence-corrected chi connectivity index (χ2v) is 3.43. The third kappa shape index (κ3) is 1.78. The van der Waals surface area contributed by atoms with Crippen LogP contribution in [0, 0.1) is 5.82 Å². The topological polar surface area (TPSA) is 22.0 Å². The van der Waals surface area contributed by atoms with Gasteiger partial charge in [-0.15, -0.1) is 0 Å². The van der Waals surface area contributed by atoms with E-state index in [1.54, 1.807) is 29.0 Å². The zero-order valence-electron chi connectivity index (χ0n) is 7.65. The summed E-state index contributed by atoms with van der Waals surface area (Å²) in [6, 6.07) is 7.72. The monoisotopic (exact) mass is 223 g/mol. The van der Waals surface area contributed by atoms with Gasteiger partial charge in [0, 0.05) is 11.9 Å². The molecule has 1 heterocycles. The van der Waals surface area contributed by atoms with Crippen molar-refractivity contribution in [3.05, 3.63) is 53.1 Å². The first-order valence-electron chi connectivity index (χ1n) is 4.30. The normalized spacial score (nSPS) is 10.3. The molecule has 2 aromatic rings. The number of benzene rings is 1. The van der Waals surface area contributed by atoms with Crippen LogP contribution in [0.1, 0.15) is 10.5 Å². The second-order valence-electron chi connectivity index (χ2n) is 3.02. The van der Waals surface area contributed by atoms with Gasteiger partial charge in [0.05, 0.1) is 10.7 Å². The molecule has 0 saturated heterocycles. The van der Waals surface area contributed by atoms with Gasteiger partial charge in [-0.3, -0.25) is 4.79 Å². The van der Waals surface area contributed by atoms with Gasteiger partial charge >= 0.3 is 0 Å². The van der Waals surface area contributed by atoms with E-state index < -0.39 is 5.82 Å². The summed E-state index contributed by atoms with van der Waals surface area (Å²) in [5.41, 5.74) is 1.16. The molecule has 0 radical (unpaired) electrons. The predicted octanol–water partition coefficient (Wildman–Crippen LogP) is 3.08. The fourth-order valence-corrected chi connectivity index (χ4v) is 1.53. The van der Waals surface area contributed by atoms with Crippen LogP contribution in [-0.2, 0) is 0 Å². The Kier molecular flexibility index (Phi) is 2.56. The zero-order valence-corrected chi connectivity index (χ0v) is 8.41. The fourth-order valence-electron chi connectivity index (χ4n) is 1.36. The molecule has 0 unspecified atom stereocenters. The third-order valence-corrected chi connectivity index (χ3v) is 2.37. The Balaban J connectivity index is 2.54. The van der Waals surface area contributed by atoms with Crippen molar-refractivity contribution in [1.82, 2.24) is 4.57 Å². The molecule has 0 spiro atoms. The van der Waals surface area contributed by atoms with Gasteiger partial charge in [-0.25, -0.2) is 4.39 Å². The molecule has 2 nitrogen and oxygen atoms in total. The molecular weight excluding hydrogens is 217 g/mol. The standard InChI is InChI=1S/C11H7ClFNO/c12-10-6-8(3-4-11(10)13)14-5-1-2-9(14)7-15/h1-7H. The largest absolute Gasteiger partial charge is 0.314 e. The van der Waals surface area contributed by atoms with Crippen LogP contribution in [0.4, 0.5) is 4.39 Å². The van der Waals surface area contributed by atoms with E-state index in [0.717, 1.165) is 6.29 Å². The first-order valence-corrected chi connectivity index (χ1v) is 4.68. The van der Waals surface area contributed by atoms with Gasteiger partial charge < -0.3 is 4.57 Å². The lowest BCUT2D eigenvalue weighted by Gasteiger charge is -2.05. The zero-order chi connectivity index (χ0) is 10.8. The summed E-state index contributed by atoms with van der Waals surface area (Å²) in [5, 5.41) is 0.0399. The summed E-state index contributed by atoms with van der Waals surface area (Å²) >= 11 is 5.65. The van der Waals surface area contributed by atoms with Crippen molar-refractivity contribution in [2.75, 3.05) is 0 Å². The molecule has 0 aliphatic heterocycles. The SMILES string of the molecule is O=Cc1cccn1-c1ccc(F)c(Cl)c1. The van der Waals surface area contributed by atoms with Crippen molar-refractivity contribution >= 4 is 17.9 Å². The number of hydrogen-bond acceptors (Lipinski definition) is 1. The summed E-state index contributed by atoms with van der Waals surface area (Å²) in [5.74, 6) is -0.472. The Morgan fingerprint density at radius 2 is 2.13 bits per heavy atom. The molecule has 1 aromatic carbocycles. The minimum absolute atomic E-state index is 0.0399. The minimum Gasteiger partial charge on any atom is -0.314 e. The quantitative estimate of drug-likeness (QED) is 0.717. The Bertz CT molecular complexity index is 507. The van der Waals surface area contributed by atoms with Crippen LogP contribution >= 0.6 is 11.6 Å². The van der Waals surface area contributed by atoms with E-state index in [-0.39, 0.29) is 5.02 Å². The smallest absolute Gasteiger partial charge is 0.166 e. The van der Waals surface area contributed by atoms with Gasteiger partial charge in [0.15, 0.2) is 6.29 Å². The fraction of sp³-hybridized carbons (Fsp3) is 0. The number of rotatable bonds is 2. The molecule has 0 bridgehead atoms. The molecule has 0 saturated carbocycles. The lowest BCUT2D eigenvalue weighted by molar-refractivity contribution is 0.111. The molecule has 1 aromatic heterocycles. The molecule has 0 aliphatic rings. The average Bonchev–Trinajstić information content (AvgIpc) is 2.70. The maximum Gasteiger partial charge on any atom is 0.166 e. The van der Waals surface area contributed by atoms with Crippen LogP contribution in [0.25, 0.3) is 5.69 Å². The van der Waals surface area contributed by atoms with Crippen molar-refractivity contribution in [3.63, 3.8) is 0 Å². The second kappa shape index (κ2) is 3.87. The molecule has 0 aliphatic carbocycles. The van der Waals surface area contributed by atoms with Gasteiger partial charge in [0.2, 0.25) is 0 Å². The van der Waals surface area contributed by atoms with Gasteiger partial charge in [-0.05, 0) is 30.3 Å². The molecule has 0 fully saturated rings. The first-order chi connectivity index (χ1) is 7.22. The summed E-state index contributed by atoms with van der Waals surface area (Å²) in [4.78, 5) is 10.7. The molecular formula is C11H7ClFNO. The van der Waals surface area contributed by atoms with Crippen LogP contribution < -0.4 is 0 Å². The van der Waals surface area contributed by atoms with Gasteiger partial charge in [0.25, 0.3) is 0 Å². The van der Waals surface area contributed by atoms with E-state index in [1.807, 2.05) is 0 Å². The Morgan fingerprint density at radius 3 is 2.80 bits per heavy atom. The lowest BCUT2D eigenvalue weighted by atomic mass is 10.3. The highest BCUT2D eigenvalue weighted by Gasteiger charge is 2.05. The molecule has 0 atom stereocenters. The van der Waals surface area contributed by atoms with Crippen molar-refractivity contribution in [2.24, 2.45) is 0 Å². The Labute approximate surface area is 90.9 Å².